The maximum atomic E-state index is 12.8. The third-order valence-corrected chi connectivity index (χ3v) is 4.21. The zero-order valence-electron chi connectivity index (χ0n) is 15.5. The normalized spacial score (nSPS) is 12.5. The lowest BCUT2D eigenvalue weighted by atomic mass is 9.86. The molecule has 0 unspecified atom stereocenters. The fourth-order valence-electron chi connectivity index (χ4n) is 2.85. The first kappa shape index (κ1) is 19.4. The van der Waals surface area contributed by atoms with Crippen LogP contribution < -0.4 is 11.1 Å². The number of nitrogens with one attached hydrogen (secondary N) is 1. The first-order valence-electron chi connectivity index (χ1n) is 8.68. The van der Waals surface area contributed by atoms with Crippen molar-refractivity contribution in [3.05, 3.63) is 30.0 Å². The van der Waals surface area contributed by atoms with Crippen LogP contribution in [0.15, 0.2) is 24.3 Å². The molecule has 0 aliphatic rings. The largest absolute Gasteiger partial charge is 0.368 e. The molecule has 2 amide bonds. The number of nitriles is 1. The second kappa shape index (κ2) is 8.00. The van der Waals surface area contributed by atoms with Gasteiger partial charge in [-0.2, -0.15) is 10.4 Å². The summed E-state index contributed by atoms with van der Waals surface area (Å²) < 4.78 is 1.78. The molecule has 0 saturated heterocycles. The highest BCUT2D eigenvalue weighted by Crippen LogP contribution is 2.22. The number of aromatic nitrogens is 2. The van der Waals surface area contributed by atoms with Crippen LogP contribution in [0.25, 0.3) is 10.9 Å². The maximum absolute atomic E-state index is 12.8. The number of nitrogens with two attached hydrogens (primary N) is 1. The lowest BCUT2D eigenvalue weighted by molar-refractivity contribution is -0.122. The SMILES string of the molecule is CC(C)(C)[C@H](NC(=O)c1nn(CCCCC#N)c2ccccc12)C(N)=O. The van der Waals surface area contributed by atoms with E-state index in [1.165, 1.54) is 0 Å². The van der Waals surface area contributed by atoms with E-state index in [4.69, 9.17) is 11.0 Å². The van der Waals surface area contributed by atoms with E-state index in [1.807, 2.05) is 45.0 Å². The summed E-state index contributed by atoms with van der Waals surface area (Å²) in [6.45, 7) is 6.14. The number of carbonyl (C=O) groups excluding carboxylic acids is 2. The van der Waals surface area contributed by atoms with Crippen LogP contribution in [0.5, 0.6) is 0 Å². The number of unbranched alkanes of at least 4 members (excludes halogenated alkanes) is 2. The molecule has 0 saturated carbocycles. The van der Waals surface area contributed by atoms with E-state index in [2.05, 4.69) is 16.5 Å². The summed E-state index contributed by atoms with van der Waals surface area (Å²) in [5, 5.41) is 16.5. The van der Waals surface area contributed by atoms with Crippen molar-refractivity contribution in [1.29, 1.82) is 5.26 Å². The molecule has 26 heavy (non-hydrogen) atoms. The number of benzene rings is 1. The van der Waals surface area contributed by atoms with Gasteiger partial charge in [0.25, 0.3) is 5.91 Å². The van der Waals surface area contributed by atoms with Gasteiger partial charge in [0.05, 0.1) is 11.6 Å². The molecular formula is C19H25N5O2. The van der Waals surface area contributed by atoms with E-state index in [9.17, 15) is 9.59 Å². The number of rotatable bonds is 7. The molecule has 0 bridgehead atoms. The smallest absolute Gasteiger partial charge is 0.273 e. The number of hydrogen-bond acceptors (Lipinski definition) is 4. The van der Waals surface area contributed by atoms with Crippen LogP contribution in [0.2, 0.25) is 0 Å². The summed E-state index contributed by atoms with van der Waals surface area (Å²) in [5.41, 5.74) is 6.08. The second-order valence-electron chi connectivity index (χ2n) is 7.38. The van der Waals surface area contributed by atoms with Crippen molar-refractivity contribution in [1.82, 2.24) is 15.1 Å². The summed E-state index contributed by atoms with van der Waals surface area (Å²) in [4.78, 5) is 24.5. The summed E-state index contributed by atoms with van der Waals surface area (Å²) in [6.07, 6.45) is 2.07. The molecule has 0 spiro atoms. The lowest BCUT2D eigenvalue weighted by Crippen LogP contribution is -2.52. The molecule has 0 fully saturated rings. The van der Waals surface area contributed by atoms with Crippen LogP contribution in [0, 0.1) is 16.7 Å². The summed E-state index contributed by atoms with van der Waals surface area (Å²) in [7, 11) is 0. The number of carbonyl (C=O) groups is 2. The van der Waals surface area contributed by atoms with E-state index in [0.717, 1.165) is 23.7 Å². The third-order valence-electron chi connectivity index (χ3n) is 4.21. The monoisotopic (exact) mass is 355 g/mol. The third kappa shape index (κ3) is 4.39. The quantitative estimate of drug-likeness (QED) is 0.742. The average molecular weight is 355 g/mol. The number of aryl methyl sites for hydroxylation is 1. The molecule has 1 aromatic heterocycles. The van der Waals surface area contributed by atoms with Crippen LogP contribution in [-0.2, 0) is 11.3 Å². The fourth-order valence-corrected chi connectivity index (χ4v) is 2.85. The van der Waals surface area contributed by atoms with Gasteiger partial charge < -0.3 is 11.1 Å². The topological polar surface area (TPSA) is 114 Å². The number of primary amides is 1. The van der Waals surface area contributed by atoms with E-state index < -0.39 is 23.3 Å². The minimum absolute atomic E-state index is 0.274. The van der Waals surface area contributed by atoms with Crippen LogP contribution in [0.4, 0.5) is 0 Å². The minimum atomic E-state index is -0.797. The molecule has 138 valence electrons. The predicted octanol–water partition coefficient (Wildman–Crippen LogP) is 2.36. The Hall–Kier alpha value is -2.88. The Labute approximate surface area is 153 Å². The molecule has 2 rings (SSSR count). The molecule has 3 N–H and O–H groups in total. The van der Waals surface area contributed by atoms with Crippen LogP contribution >= 0.6 is 0 Å². The highest BCUT2D eigenvalue weighted by atomic mass is 16.2. The Kier molecular flexibility index (Phi) is 5.98. The summed E-state index contributed by atoms with van der Waals surface area (Å²) >= 11 is 0. The van der Waals surface area contributed by atoms with Gasteiger partial charge in [-0.15, -0.1) is 0 Å². The molecule has 0 aliphatic heterocycles. The van der Waals surface area contributed by atoms with Crippen molar-refractivity contribution >= 4 is 22.7 Å². The van der Waals surface area contributed by atoms with Crippen LogP contribution in [-0.4, -0.2) is 27.6 Å². The van der Waals surface area contributed by atoms with Gasteiger partial charge >= 0.3 is 0 Å². The Balaban J connectivity index is 2.30. The number of para-hydroxylation sites is 1. The van der Waals surface area contributed by atoms with Gasteiger partial charge in [-0.05, 0) is 24.3 Å². The molecule has 1 aromatic carbocycles. The Bertz CT molecular complexity index is 842. The maximum Gasteiger partial charge on any atom is 0.273 e. The van der Waals surface area contributed by atoms with Gasteiger partial charge in [0.2, 0.25) is 5.91 Å². The van der Waals surface area contributed by atoms with E-state index in [0.29, 0.717) is 13.0 Å². The number of amides is 2. The Morgan fingerprint density at radius 3 is 2.62 bits per heavy atom. The van der Waals surface area contributed by atoms with Crippen molar-refractivity contribution in [2.24, 2.45) is 11.1 Å². The van der Waals surface area contributed by atoms with Crippen molar-refractivity contribution < 1.29 is 9.59 Å². The molecule has 2 aromatic rings. The first-order chi connectivity index (χ1) is 12.3. The predicted molar refractivity (Wildman–Crippen MR) is 99.1 cm³/mol. The second-order valence-corrected chi connectivity index (χ2v) is 7.38. The van der Waals surface area contributed by atoms with Crippen LogP contribution in [0.3, 0.4) is 0 Å². The highest BCUT2D eigenvalue weighted by Gasteiger charge is 2.32. The molecule has 1 atom stereocenters. The van der Waals surface area contributed by atoms with Gasteiger partial charge in [0, 0.05) is 18.4 Å². The molecule has 7 heteroatoms. The van der Waals surface area contributed by atoms with Gasteiger partial charge in [-0.1, -0.05) is 39.0 Å². The average Bonchev–Trinajstić information content (AvgIpc) is 2.94. The summed E-state index contributed by atoms with van der Waals surface area (Å²) in [5.74, 6) is -0.998. The zero-order chi connectivity index (χ0) is 19.3. The zero-order valence-corrected chi connectivity index (χ0v) is 15.5. The standard InChI is InChI=1S/C19H25N5O2/c1-19(2,3)16(17(21)25)22-18(26)15-13-9-5-6-10-14(13)24(23-15)12-8-4-7-11-20/h5-6,9-10,16H,4,7-8,12H2,1-3H3,(H2,21,25)(H,22,26)/t16-/m1/s1. The Morgan fingerprint density at radius 2 is 2.00 bits per heavy atom. The molecule has 1 heterocycles. The summed E-state index contributed by atoms with van der Waals surface area (Å²) in [6, 6.07) is 8.79. The Morgan fingerprint density at radius 1 is 1.31 bits per heavy atom. The van der Waals surface area contributed by atoms with Crippen molar-refractivity contribution in [2.75, 3.05) is 0 Å². The molecule has 0 radical (unpaired) electrons. The highest BCUT2D eigenvalue weighted by molar-refractivity contribution is 6.06. The molecular weight excluding hydrogens is 330 g/mol. The van der Waals surface area contributed by atoms with Crippen molar-refractivity contribution in [3.63, 3.8) is 0 Å². The number of fused-ring (bicyclic) bond motifs is 1. The molecule has 0 aliphatic carbocycles. The van der Waals surface area contributed by atoms with Gasteiger partial charge in [0.15, 0.2) is 5.69 Å². The van der Waals surface area contributed by atoms with E-state index >= 15 is 0 Å². The number of nitrogens with zero attached hydrogens (tertiary/aromatic N) is 3. The molecule has 7 nitrogen and oxygen atoms in total. The minimum Gasteiger partial charge on any atom is -0.368 e. The van der Waals surface area contributed by atoms with E-state index in [1.54, 1.807) is 4.68 Å². The van der Waals surface area contributed by atoms with Gasteiger partial charge in [0.1, 0.15) is 6.04 Å². The first-order valence-corrected chi connectivity index (χ1v) is 8.68. The van der Waals surface area contributed by atoms with E-state index in [-0.39, 0.29) is 5.69 Å². The van der Waals surface area contributed by atoms with Gasteiger partial charge in [-0.3, -0.25) is 14.3 Å². The van der Waals surface area contributed by atoms with Crippen molar-refractivity contribution in [2.45, 2.75) is 52.6 Å². The van der Waals surface area contributed by atoms with Gasteiger partial charge in [-0.25, -0.2) is 0 Å². The lowest BCUT2D eigenvalue weighted by Gasteiger charge is -2.28. The van der Waals surface area contributed by atoms with Crippen LogP contribution in [0.1, 0.15) is 50.5 Å². The van der Waals surface area contributed by atoms with Crippen molar-refractivity contribution in [3.8, 4) is 6.07 Å². The fraction of sp³-hybridized carbons (Fsp3) is 0.474. The number of hydrogen-bond donors (Lipinski definition) is 2.